The van der Waals surface area contributed by atoms with E-state index in [0.29, 0.717) is 6.61 Å². The number of hydrogen-bond donors (Lipinski definition) is 0. The molecule has 6 nitrogen and oxygen atoms in total. The van der Waals surface area contributed by atoms with Crippen LogP contribution in [0.25, 0.3) is 0 Å². The largest absolute Gasteiger partial charge is 0.415 e. The van der Waals surface area contributed by atoms with E-state index in [-0.39, 0.29) is 24.4 Å². The van der Waals surface area contributed by atoms with Crippen molar-refractivity contribution in [2.45, 2.75) is 129 Å². The lowest BCUT2D eigenvalue weighted by Gasteiger charge is -2.38. The maximum atomic E-state index is 6.78. The smallest absolute Gasteiger partial charge is 0.187 e. The van der Waals surface area contributed by atoms with Crippen LogP contribution in [0.3, 0.4) is 0 Å². The second kappa shape index (κ2) is 10.8. The van der Waals surface area contributed by atoms with E-state index in [4.69, 9.17) is 26.9 Å². The van der Waals surface area contributed by atoms with E-state index in [1.165, 1.54) is 0 Å². The van der Waals surface area contributed by atoms with E-state index in [1.54, 1.807) is 0 Å². The zero-order valence-corrected chi connectivity index (χ0v) is 28.5. The summed E-state index contributed by atoms with van der Waals surface area (Å²) in [5.41, 5.74) is 0. The maximum absolute atomic E-state index is 6.78. The van der Waals surface area contributed by atoms with Gasteiger partial charge in [0.15, 0.2) is 47.9 Å². The average Bonchev–Trinajstić information content (AvgIpc) is 2.74. The highest BCUT2D eigenvalue weighted by Crippen LogP contribution is 2.36. The Bertz CT molecular complexity index is 586. The molecule has 5 atom stereocenters. The van der Waals surface area contributed by atoms with E-state index in [2.05, 4.69) is 98.2 Å². The number of ether oxygens (including phenoxy) is 1. The van der Waals surface area contributed by atoms with Gasteiger partial charge in [0.2, 0.25) is 0 Å². The fourth-order valence-electron chi connectivity index (χ4n) is 3.45. The van der Waals surface area contributed by atoms with Crippen LogP contribution in [-0.4, -0.2) is 78.9 Å². The molecule has 1 saturated heterocycles. The fourth-order valence-corrected chi connectivity index (χ4v) is 8.26. The van der Waals surface area contributed by atoms with Crippen LogP contribution in [-0.2, 0) is 26.9 Å². The molecule has 0 saturated carbocycles. The van der Waals surface area contributed by atoms with E-state index in [0.717, 1.165) is 0 Å². The van der Waals surface area contributed by atoms with Gasteiger partial charge in [-0.25, -0.2) is 0 Å². The molecule has 11 heteroatoms. The van der Waals surface area contributed by atoms with Crippen molar-refractivity contribution in [3.8, 4) is 0 Å². The lowest BCUT2D eigenvalue weighted by atomic mass is 10.1. The summed E-state index contributed by atoms with van der Waals surface area (Å²) in [7, 11) is -9.25. The Labute approximate surface area is 203 Å². The Morgan fingerprint density at radius 2 is 1.00 bits per heavy atom. The van der Waals surface area contributed by atoms with Crippen LogP contribution in [0.4, 0.5) is 0 Å². The van der Waals surface area contributed by atoms with Crippen molar-refractivity contribution in [1.82, 2.24) is 0 Å². The summed E-state index contributed by atoms with van der Waals surface area (Å²) in [4.78, 5) is 0. The van der Waals surface area contributed by atoms with Gasteiger partial charge >= 0.3 is 0 Å². The quantitative estimate of drug-likeness (QED) is 0.280. The van der Waals surface area contributed by atoms with Gasteiger partial charge in [-0.05, 0) is 98.2 Å². The Kier molecular flexibility index (Phi) is 10.5. The maximum Gasteiger partial charge on any atom is 0.187 e. The van der Waals surface area contributed by atoms with Gasteiger partial charge in [0.1, 0.15) is 18.3 Å². The summed E-state index contributed by atoms with van der Waals surface area (Å²) < 4.78 is 39.7. The predicted molar refractivity (Wildman–Crippen MR) is 147 cm³/mol. The molecule has 0 amide bonds. The van der Waals surface area contributed by atoms with Crippen molar-refractivity contribution in [3.63, 3.8) is 0 Å². The third-order valence-corrected chi connectivity index (χ3v) is 9.15. The van der Waals surface area contributed by atoms with Gasteiger partial charge < -0.3 is 26.9 Å². The highest BCUT2D eigenvalue weighted by molar-refractivity contribution is 6.71. The van der Waals surface area contributed by atoms with Crippen LogP contribution >= 0.6 is 0 Å². The van der Waals surface area contributed by atoms with E-state index >= 15 is 0 Å². The van der Waals surface area contributed by atoms with Crippen LogP contribution in [0.1, 0.15) is 0 Å². The van der Waals surface area contributed by atoms with Crippen LogP contribution in [0.2, 0.25) is 98.2 Å². The molecule has 0 radical (unpaired) electrons. The molecule has 0 bridgehead atoms. The second-order valence-electron chi connectivity index (χ2n) is 13.8. The molecule has 0 spiro atoms. The normalized spacial score (nSPS) is 27.1. The first-order chi connectivity index (χ1) is 14.0. The van der Waals surface area contributed by atoms with Gasteiger partial charge in [-0.1, -0.05) is 0 Å². The SMILES string of the molecule is C[Si](C)(C)OC[C@@H](O[Si](C)(C)C)[C@@H]1O[C@@H](O[Si](C)(C)C)[C@H](O[Si](C)(C)C)[C@H]1O[Si](C)(C)C. The van der Waals surface area contributed by atoms with Gasteiger partial charge in [0, 0.05) is 0 Å². The van der Waals surface area contributed by atoms with E-state index in [9.17, 15) is 0 Å². The summed E-state index contributed by atoms with van der Waals surface area (Å²) in [6, 6.07) is 0. The summed E-state index contributed by atoms with van der Waals surface area (Å²) in [5, 5.41) is 0. The van der Waals surface area contributed by atoms with Crippen molar-refractivity contribution < 1.29 is 26.9 Å². The minimum atomic E-state index is -1.90. The summed E-state index contributed by atoms with van der Waals surface area (Å²) in [5.74, 6) is 0. The standard InChI is InChI=1S/C21H52O6Si5/c1-28(2,3)22-16-17(24-29(4,5)6)18-19(25-30(7,8)9)20(26-31(10,11)12)21(23-18)27-32(13,14)15/h17-21H,16H2,1-15H3/t17-,18+,19+,20-,21+/m1/s1. The minimum absolute atomic E-state index is 0.210. The van der Waals surface area contributed by atoms with Crippen molar-refractivity contribution in [2.24, 2.45) is 0 Å². The molecule has 1 rings (SSSR count). The number of hydrogen-bond acceptors (Lipinski definition) is 6. The minimum Gasteiger partial charge on any atom is -0.415 e. The average molecular weight is 541 g/mol. The first-order valence-corrected chi connectivity index (χ1v) is 29.0. The zero-order chi connectivity index (χ0) is 25.3. The molecule has 1 fully saturated rings. The van der Waals surface area contributed by atoms with E-state index in [1.807, 2.05) is 0 Å². The van der Waals surface area contributed by atoms with Crippen LogP contribution in [0, 0.1) is 0 Å². The first-order valence-electron chi connectivity index (χ1n) is 12.0. The van der Waals surface area contributed by atoms with Crippen LogP contribution in [0.15, 0.2) is 0 Å². The molecule has 1 heterocycles. The van der Waals surface area contributed by atoms with Gasteiger partial charge in [0.05, 0.1) is 12.7 Å². The molecule has 0 N–H and O–H groups in total. The lowest BCUT2D eigenvalue weighted by molar-refractivity contribution is -0.134. The molecular formula is C21H52O6Si5. The molecule has 0 aliphatic carbocycles. The van der Waals surface area contributed by atoms with Crippen molar-refractivity contribution in [3.05, 3.63) is 0 Å². The summed E-state index contributed by atoms with van der Waals surface area (Å²) in [6.07, 6.45) is -1.43. The molecule has 192 valence electrons. The number of rotatable bonds is 12. The van der Waals surface area contributed by atoms with Crippen LogP contribution in [0.5, 0.6) is 0 Å². The fraction of sp³-hybridized carbons (Fsp3) is 1.00. The van der Waals surface area contributed by atoms with E-state index < -0.39 is 47.9 Å². The summed E-state index contributed by atoms with van der Waals surface area (Å²) >= 11 is 0. The van der Waals surface area contributed by atoms with Gasteiger partial charge in [-0.3, -0.25) is 0 Å². The van der Waals surface area contributed by atoms with Crippen molar-refractivity contribution >= 4 is 41.6 Å². The van der Waals surface area contributed by atoms with Crippen LogP contribution < -0.4 is 0 Å². The molecule has 32 heavy (non-hydrogen) atoms. The molecule has 0 aromatic rings. The van der Waals surface area contributed by atoms with Gasteiger partial charge in [-0.2, -0.15) is 0 Å². The molecule has 0 aromatic heterocycles. The molecule has 0 unspecified atom stereocenters. The van der Waals surface area contributed by atoms with Gasteiger partial charge in [-0.15, -0.1) is 0 Å². The summed E-state index contributed by atoms with van der Waals surface area (Å²) in [6.45, 7) is 33.6. The third kappa shape index (κ3) is 12.5. The monoisotopic (exact) mass is 540 g/mol. The van der Waals surface area contributed by atoms with Crippen molar-refractivity contribution in [1.29, 1.82) is 0 Å². The predicted octanol–water partition coefficient (Wildman–Crippen LogP) is 6.07. The lowest BCUT2D eigenvalue weighted by Crippen LogP contribution is -2.53. The highest BCUT2D eigenvalue weighted by Gasteiger charge is 2.54. The first kappa shape index (κ1) is 30.9. The zero-order valence-electron chi connectivity index (χ0n) is 23.5. The molecular weight excluding hydrogens is 489 g/mol. The molecule has 0 aromatic carbocycles. The van der Waals surface area contributed by atoms with Crippen molar-refractivity contribution in [2.75, 3.05) is 6.61 Å². The highest BCUT2D eigenvalue weighted by atomic mass is 28.4. The molecule has 1 aliphatic rings. The topological polar surface area (TPSA) is 55.4 Å². The Morgan fingerprint density at radius 3 is 1.38 bits per heavy atom. The Morgan fingerprint density at radius 1 is 0.562 bits per heavy atom. The second-order valence-corrected chi connectivity index (χ2v) is 36.1. The molecule has 1 aliphatic heterocycles. The third-order valence-electron chi connectivity index (χ3n) is 4.21. The Balaban J connectivity index is 3.41. The van der Waals surface area contributed by atoms with Gasteiger partial charge in [0.25, 0.3) is 0 Å². The Hall–Kier alpha value is 0.844.